The Bertz CT molecular complexity index is 1560. The molecule has 0 aromatic carbocycles. The lowest BCUT2D eigenvalue weighted by Crippen LogP contribution is -2.45. The van der Waals surface area contributed by atoms with E-state index in [0.717, 1.165) is 44.9 Å². The minimum absolute atomic E-state index is 0.00483. The van der Waals surface area contributed by atoms with Gasteiger partial charge in [0.2, 0.25) is 5.91 Å². The van der Waals surface area contributed by atoms with Gasteiger partial charge >= 0.3 is 0 Å². The zero-order valence-electron chi connectivity index (χ0n) is 59.0. The topological polar surface area (TPSA) is 108 Å². The van der Waals surface area contributed by atoms with E-state index >= 15 is 0 Å². The molecule has 3 atom stereocenters. The summed E-state index contributed by atoms with van der Waals surface area (Å²) in [5.41, 5.74) is 0. The Balaban J connectivity index is 4.00. The summed E-state index contributed by atoms with van der Waals surface area (Å²) in [5, 5.41) is 14.0. The van der Waals surface area contributed by atoms with Crippen LogP contribution in [0, 0.1) is 0 Å². The van der Waals surface area contributed by atoms with Crippen molar-refractivity contribution in [3.63, 3.8) is 0 Å². The van der Waals surface area contributed by atoms with E-state index in [1.807, 2.05) is 27.2 Å². The molecular weight excluding hydrogens is 1090 g/mol. The molecule has 0 saturated carbocycles. The number of quaternary nitrogens is 1. The highest BCUT2D eigenvalue weighted by molar-refractivity contribution is 7.45. The Morgan fingerprint density at radius 3 is 1.00 bits per heavy atom. The Kier molecular flexibility index (Phi) is 67.6. The largest absolute Gasteiger partial charge is 0.756 e. The van der Waals surface area contributed by atoms with Crippen LogP contribution in [0.25, 0.3) is 0 Å². The van der Waals surface area contributed by atoms with Gasteiger partial charge in [0.1, 0.15) is 13.2 Å². The van der Waals surface area contributed by atoms with Gasteiger partial charge in [0.15, 0.2) is 0 Å². The Morgan fingerprint density at radius 1 is 0.402 bits per heavy atom. The number of hydrogen-bond acceptors (Lipinski definition) is 6. The van der Waals surface area contributed by atoms with Crippen molar-refractivity contribution in [2.75, 3.05) is 40.9 Å². The summed E-state index contributed by atoms with van der Waals surface area (Å²) in [6.07, 6.45) is 94.2. The van der Waals surface area contributed by atoms with Gasteiger partial charge in [-0.1, -0.05) is 371 Å². The lowest BCUT2D eigenvalue weighted by atomic mass is 10.0. The summed E-state index contributed by atoms with van der Waals surface area (Å²) in [7, 11) is 1.26. The first-order valence-corrected chi connectivity index (χ1v) is 40.0. The Labute approximate surface area is 543 Å². The average molecular weight is 1240 g/mol. The van der Waals surface area contributed by atoms with Gasteiger partial charge < -0.3 is 28.8 Å². The maximum atomic E-state index is 13.1. The highest BCUT2D eigenvalue weighted by Crippen LogP contribution is 2.38. The molecule has 0 aliphatic rings. The molecule has 1 amide bonds. The summed E-state index contributed by atoms with van der Waals surface area (Å²) in [6, 6.07) is -0.905. The van der Waals surface area contributed by atoms with Crippen LogP contribution in [-0.4, -0.2) is 68.5 Å². The molecule has 0 radical (unpaired) electrons. The van der Waals surface area contributed by atoms with E-state index < -0.39 is 20.0 Å². The maximum Gasteiger partial charge on any atom is 0.268 e. The summed E-state index contributed by atoms with van der Waals surface area (Å²) in [6.45, 7) is 4.68. The molecule has 8 nitrogen and oxygen atoms in total. The second-order valence-corrected chi connectivity index (χ2v) is 29.1. The van der Waals surface area contributed by atoms with Crippen molar-refractivity contribution < 1.29 is 32.9 Å². The Hall–Kier alpha value is -1.54. The molecular formula is C78H151N2O6P. The number of hydrogen-bond donors (Lipinski definition) is 2. The van der Waals surface area contributed by atoms with E-state index in [4.69, 9.17) is 9.05 Å². The van der Waals surface area contributed by atoms with Crippen molar-refractivity contribution in [3.8, 4) is 0 Å². The number of unbranched alkanes of at least 4 members (excludes halogenated alkanes) is 53. The summed E-state index contributed by atoms with van der Waals surface area (Å²) >= 11 is 0. The van der Waals surface area contributed by atoms with Crippen molar-refractivity contribution in [2.45, 2.75) is 405 Å². The molecule has 0 saturated heterocycles. The quantitative estimate of drug-likeness (QED) is 0.0272. The molecule has 2 N–H and O–H groups in total. The van der Waals surface area contributed by atoms with E-state index in [1.54, 1.807) is 6.08 Å². The number of amides is 1. The highest BCUT2D eigenvalue weighted by atomic mass is 31.2. The number of carbonyl (C=O) groups is 1. The van der Waals surface area contributed by atoms with Gasteiger partial charge in [-0.15, -0.1) is 0 Å². The molecule has 0 aliphatic heterocycles. The predicted molar refractivity (Wildman–Crippen MR) is 381 cm³/mol. The van der Waals surface area contributed by atoms with Crippen LogP contribution in [0.4, 0.5) is 0 Å². The minimum Gasteiger partial charge on any atom is -0.756 e. The molecule has 0 bridgehead atoms. The van der Waals surface area contributed by atoms with Crippen LogP contribution >= 0.6 is 7.82 Å². The van der Waals surface area contributed by atoms with E-state index in [-0.39, 0.29) is 19.1 Å². The van der Waals surface area contributed by atoms with Crippen LogP contribution in [0.1, 0.15) is 393 Å². The molecule has 0 spiro atoms. The van der Waals surface area contributed by atoms with Crippen LogP contribution in [0.5, 0.6) is 0 Å². The number of rotatable bonds is 72. The Morgan fingerprint density at radius 2 is 0.678 bits per heavy atom. The third kappa shape index (κ3) is 71.8. The highest BCUT2D eigenvalue weighted by Gasteiger charge is 2.23. The average Bonchev–Trinajstić information content (AvgIpc) is 3.70. The first-order valence-electron chi connectivity index (χ1n) is 38.5. The fourth-order valence-electron chi connectivity index (χ4n) is 11.8. The minimum atomic E-state index is -4.61. The molecule has 514 valence electrons. The number of aliphatic hydroxyl groups excluding tert-OH is 1. The fraction of sp³-hybridized carbons (Fsp3) is 0.885. The monoisotopic (exact) mass is 1240 g/mol. The molecule has 0 rings (SSSR count). The second kappa shape index (κ2) is 68.8. The molecule has 0 fully saturated rings. The first kappa shape index (κ1) is 85.5. The van der Waals surface area contributed by atoms with Crippen LogP contribution in [0.2, 0.25) is 0 Å². The summed E-state index contributed by atoms with van der Waals surface area (Å²) in [5.74, 6) is -0.199. The molecule has 87 heavy (non-hydrogen) atoms. The number of likely N-dealkylation sites (N-methyl/N-ethyl adjacent to an activating group) is 1. The molecule has 0 heterocycles. The third-order valence-electron chi connectivity index (χ3n) is 17.8. The van der Waals surface area contributed by atoms with Gasteiger partial charge in [-0.3, -0.25) is 9.36 Å². The van der Waals surface area contributed by atoms with Crippen molar-refractivity contribution in [2.24, 2.45) is 0 Å². The zero-order valence-corrected chi connectivity index (χ0v) is 59.9. The number of phosphoric ester groups is 1. The summed E-state index contributed by atoms with van der Waals surface area (Å²) in [4.78, 5) is 25.7. The lowest BCUT2D eigenvalue weighted by Gasteiger charge is -2.29. The maximum absolute atomic E-state index is 13.1. The van der Waals surface area contributed by atoms with Gasteiger partial charge in [-0.2, -0.15) is 0 Å². The number of phosphoric acid groups is 1. The number of aliphatic hydroxyl groups is 1. The van der Waals surface area contributed by atoms with Gasteiger partial charge in [-0.05, 0) is 64.2 Å². The van der Waals surface area contributed by atoms with Crippen molar-refractivity contribution in [1.29, 1.82) is 0 Å². The number of nitrogens with one attached hydrogen (secondary N) is 1. The fourth-order valence-corrected chi connectivity index (χ4v) is 12.5. The normalized spacial score (nSPS) is 13.8. The van der Waals surface area contributed by atoms with Crippen molar-refractivity contribution in [1.82, 2.24) is 5.32 Å². The number of allylic oxidation sites excluding steroid dienone is 7. The third-order valence-corrected chi connectivity index (χ3v) is 18.7. The van der Waals surface area contributed by atoms with Gasteiger partial charge in [0.05, 0.1) is 39.9 Å². The standard InChI is InChI=1S/C78H151N2O6P/c1-6-8-10-12-14-16-18-20-22-24-26-28-30-32-34-36-38-39-40-41-42-44-46-48-50-52-54-56-58-60-62-64-66-68-70-72-78(82)79-76(75-86-87(83,84)85-74-73-80(3,4)5)77(81)71-69-67-65-63-61-59-57-55-53-51-49-47-45-43-37-35-33-31-29-27-25-23-21-19-17-15-13-11-9-7-2/h18,20,24,26,61,63,69,71,76-77,81H,6-17,19,21-23,25,27-60,62,64-68,70,72-75H2,1-5H3,(H-,79,82,83,84)/b20-18-,26-24-,63-61+,71-69+. The van der Waals surface area contributed by atoms with Crippen LogP contribution in [0.15, 0.2) is 48.6 Å². The molecule has 9 heteroatoms. The molecule has 3 unspecified atom stereocenters. The van der Waals surface area contributed by atoms with Gasteiger partial charge in [0.25, 0.3) is 7.82 Å². The SMILES string of the molecule is CCCCCCC/C=C\C/C=C\CCCCCCCCCCCCCCCCCCCCCCCCCC(=O)NC(COP(=O)([O-])OCC[N+](C)(C)C)C(O)/C=C/CC/C=C/CCCCCCCCCCCCCCCCCCCCCCCCCC. The van der Waals surface area contributed by atoms with E-state index in [9.17, 15) is 19.4 Å². The molecule has 0 aromatic heterocycles. The first-order chi connectivity index (χ1) is 42.5. The number of nitrogens with zero attached hydrogens (tertiary/aromatic N) is 1. The molecule has 0 aromatic rings. The van der Waals surface area contributed by atoms with Gasteiger partial charge in [0, 0.05) is 6.42 Å². The van der Waals surface area contributed by atoms with E-state index in [2.05, 4.69) is 55.6 Å². The van der Waals surface area contributed by atoms with Gasteiger partial charge in [-0.25, -0.2) is 0 Å². The lowest BCUT2D eigenvalue weighted by molar-refractivity contribution is -0.870. The van der Waals surface area contributed by atoms with Crippen molar-refractivity contribution >= 4 is 13.7 Å². The summed E-state index contributed by atoms with van der Waals surface area (Å²) < 4.78 is 23.5. The molecule has 0 aliphatic carbocycles. The second-order valence-electron chi connectivity index (χ2n) is 27.7. The van der Waals surface area contributed by atoms with E-state index in [1.165, 1.54) is 327 Å². The van der Waals surface area contributed by atoms with Crippen molar-refractivity contribution in [3.05, 3.63) is 48.6 Å². The van der Waals surface area contributed by atoms with Crippen LogP contribution in [-0.2, 0) is 18.4 Å². The smallest absolute Gasteiger partial charge is 0.268 e. The zero-order chi connectivity index (χ0) is 63.4. The van der Waals surface area contributed by atoms with E-state index in [0.29, 0.717) is 17.4 Å². The van der Waals surface area contributed by atoms with Crippen LogP contribution < -0.4 is 10.2 Å². The predicted octanol–water partition coefficient (Wildman–Crippen LogP) is 24.3. The number of carbonyl (C=O) groups excluding carboxylic acids is 1. The van der Waals surface area contributed by atoms with Crippen LogP contribution in [0.3, 0.4) is 0 Å².